The number of nitrogens with one attached hydrogen (secondary N) is 1. The van der Waals surface area contributed by atoms with Gasteiger partial charge in [-0.05, 0) is 51.4 Å². The third-order valence-electron chi connectivity index (χ3n) is 3.56. The van der Waals surface area contributed by atoms with E-state index < -0.39 is 0 Å². The van der Waals surface area contributed by atoms with E-state index in [1.807, 2.05) is 0 Å². The number of hydrogen-bond acceptors (Lipinski definition) is 3. The molecule has 16 heavy (non-hydrogen) atoms. The van der Waals surface area contributed by atoms with E-state index in [1.54, 1.807) is 0 Å². The monoisotopic (exact) mass is 229 g/mol. The van der Waals surface area contributed by atoms with Crippen molar-refractivity contribution in [3.05, 3.63) is 0 Å². The molecule has 0 aromatic heterocycles. The van der Waals surface area contributed by atoms with Gasteiger partial charge in [-0.1, -0.05) is 0 Å². The lowest BCUT2D eigenvalue weighted by Crippen LogP contribution is -2.32. The van der Waals surface area contributed by atoms with Gasteiger partial charge in [0, 0.05) is 32.4 Å². The summed E-state index contributed by atoms with van der Waals surface area (Å²) in [6, 6.07) is 0.525. The van der Waals surface area contributed by atoms with E-state index in [-0.39, 0.29) is 0 Å². The molecule has 1 aliphatic carbocycles. The molecule has 3 heteroatoms. The first-order chi connectivity index (χ1) is 7.72. The summed E-state index contributed by atoms with van der Waals surface area (Å²) in [5.74, 6) is 0. The van der Waals surface area contributed by atoms with Gasteiger partial charge < -0.3 is 15.2 Å². The lowest BCUT2D eigenvalue weighted by atomic mass is 10.0. The molecule has 3 nitrogen and oxygen atoms in total. The molecule has 1 unspecified atom stereocenters. The summed E-state index contributed by atoms with van der Waals surface area (Å²) in [5, 5.41) is 12.3. The fraction of sp³-hybridized carbons (Fsp3) is 1.00. The van der Waals surface area contributed by atoms with Gasteiger partial charge in [0.2, 0.25) is 0 Å². The topological polar surface area (TPSA) is 41.5 Å². The highest BCUT2D eigenvalue weighted by Crippen LogP contribution is 2.48. The second-order valence-electron chi connectivity index (χ2n) is 5.09. The molecule has 0 aliphatic heterocycles. The van der Waals surface area contributed by atoms with E-state index in [1.165, 1.54) is 19.3 Å². The van der Waals surface area contributed by atoms with Crippen molar-refractivity contribution in [1.82, 2.24) is 5.32 Å². The molecule has 1 atom stereocenters. The highest BCUT2D eigenvalue weighted by molar-refractivity contribution is 4.95. The Morgan fingerprint density at radius 3 is 2.75 bits per heavy atom. The number of rotatable bonds is 10. The van der Waals surface area contributed by atoms with Crippen LogP contribution in [0.3, 0.4) is 0 Å². The number of ether oxygens (including phenoxy) is 1. The third kappa shape index (κ3) is 5.28. The minimum Gasteiger partial charge on any atom is -0.396 e. The van der Waals surface area contributed by atoms with Crippen LogP contribution in [0, 0.1) is 5.41 Å². The van der Waals surface area contributed by atoms with Crippen molar-refractivity contribution in [2.75, 3.05) is 26.4 Å². The van der Waals surface area contributed by atoms with Crippen LogP contribution in [0.2, 0.25) is 0 Å². The summed E-state index contributed by atoms with van der Waals surface area (Å²) in [6.45, 7) is 7.41. The van der Waals surface area contributed by atoms with Crippen LogP contribution in [-0.4, -0.2) is 37.5 Å². The fourth-order valence-corrected chi connectivity index (χ4v) is 2.02. The predicted octanol–water partition coefficient (Wildman–Crippen LogP) is 1.94. The first-order valence-corrected chi connectivity index (χ1v) is 6.64. The van der Waals surface area contributed by atoms with E-state index in [4.69, 9.17) is 9.84 Å². The van der Waals surface area contributed by atoms with Crippen LogP contribution in [0.4, 0.5) is 0 Å². The van der Waals surface area contributed by atoms with Gasteiger partial charge >= 0.3 is 0 Å². The van der Waals surface area contributed by atoms with Crippen LogP contribution in [-0.2, 0) is 4.74 Å². The van der Waals surface area contributed by atoms with Crippen molar-refractivity contribution >= 4 is 0 Å². The first kappa shape index (κ1) is 13.9. The lowest BCUT2D eigenvalue weighted by molar-refractivity contribution is 0.127. The zero-order valence-corrected chi connectivity index (χ0v) is 10.8. The van der Waals surface area contributed by atoms with Crippen molar-refractivity contribution in [2.24, 2.45) is 5.41 Å². The molecule has 0 bridgehead atoms. The molecule has 2 N–H and O–H groups in total. The molecule has 0 heterocycles. The van der Waals surface area contributed by atoms with Gasteiger partial charge in [0.15, 0.2) is 0 Å². The summed E-state index contributed by atoms with van der Waals surface area (Å²) < 4.78 is 5.42. The molecular formula is C13H27NO2. The van der Waals surface area contributed by atoms with Crippen LogP contribution >= 0.6 is 0 Å². The largest absolute Gasteiger partial charge is 0.396 e. The Labute approximate surface area is 99.6 Å². The third-order valence-corrected chi connectivity index (χ3v) is 3.56. The van der Waals surface area contributed by atoms with Gasteiger partial charge in [0.25, 0.3) is 0 Å². The van der Waals surface area contributed by atoms with Crippen LogP contribution < -0.4 is 5.32 Å². The Morgan fingerprint density at radius 1 is 1.44 bits per heavy atom. The Bertz CT molecular complexity index is 181. The minimum atomic E-state index is 0.307. The van der Waals surface area contributed by atoms with Crippen molar-refractivity contribution < 1.29 is 9.84 Å². The Morgan fingerprint density at radius 2 is 2.19 bits per heavy atom. The van der Waals surface area contributed by atoms with Crippen molar-refractivity contribution in [1.29, 1.82) is 0 Å². The average Bonchev–Trinajstić information content (AvgIpc) is 3.05. The van der Waals surface area contributed by atoms with Crippen LogP contribution in [0.1, 0.15) is 46.0 Å². The summed E-state index contributed by atoms with van der Waals surface area (Å²) in [4.78, 5) is 0. The van der Waals surface area contributed by atoms with Crippen molar-refractivity contribution in [3.63, 3.8) is 0 Å². The summed E-state index contributed by atoms with van der Waals surface area (Å²) in [5.41, 5.74) is 0.530. The minimum absolute atomic E-state index is 0.307. The molecular weight excluding hydrogens is 202 g/mol. The highest BCUT2D eigenvalue weighted by atomic mass is 16.5. The van der Waals surface area contributed by atoms with Crippen LogP contribution in [0.5, 0.6) is 0 Å². The molecule has 0 aromatic rings. The molecule has 96 valence electrons. The maximum atomic E-state index is 8.75. The SMILES string of the molecule is CCOCCC1(CNC(C)CCCO)CC1. The Kier molecular flexibility index (Phi) is 6.32. The average molecular weight is 229 g/mol. The number of aliphatic hydroxyl groups is 1. The van der Waals surface area contributed by atoms with Gasteiger partial charge in [-0.25, -0.2) is 0 Å². The Hall–Kier alpha value is -0.120. The molecule has 1 fully saturated rings. The van der Waals surface area contributed by atoms with Crippen LogP contribution in [0.15, 0.2) is 0 Å². The normalized spacial score (nSPS) is 19.7. The molecule has 0 aromatic carbocycles. The standard InChI is InChI=1S/C13H27NO2/c1-3-16-10-8-13(6-7-13)11-14-12(2)5-4-9-15/h12,14-15H,3-11H2,1-2H3. The zero-order chi connectivity index (χ0) is 11.9. The molecule has 0 radical (unpaired) electrons. The summed E-state index contributed by atoms with van der Waals surface area (Å²) in [7, 11) is 0. The Balaban J connectivity index is 2.06. The van der Waals surface area contributed by atoms with E-state index in [2.05, 4.69) is 19.2 Å². The zero-order valence-electron chi connectivity index (χ0n) is 10.8. The van der Waals surface area contributed by atoms with E-state index in [0.717, 1.165) is 32.6 Å². The van der Waals surface area contributed by atoms with E-state index in [0.29, 0.717) is 18.1 Å². The number of hydrogen-bond donors (Lipinski definition) is 2. The van der Waals surface area contributed by atoms with Gasteiger partial charge in [-0.2, -0.15) is 0 Å². The van der Waals surface area contributed by atoms with Gasteiger partial charge in [0.1, 0.15) is 0 Å². The van der Waals surface area contributed by atoms with Crippen molar-refractivity contribution in [3.8, 4) is 0 Å². The summed E-state index contributed by atoms with van der Waals surface area (Å²) in [6.07, 6.45) is 5.86. The molecule has 1 aliphatic rings. The van der Waals surface area contributed by atoms with Crippen molar-refractivity contribution in [2.45, 2.75) is 52.0 Å². The second-order valence-corrected chi connectivity index (χ2v) is 5.09. The second kappa shape index (κ2) is 7.25. The highest BCUT2D eigenvalue weighted by Gasteiger charge is 2.41. The predicted molar refractivity (Wildman–Crippen MR) is 66.6 cm³/mol. The first-order valence-electron chi connectivity index (χ1n) is 6.64. The quantitative estimate of drug-likeness (QED) is 0.563. The maximum absolute atomic E-state index is 8.75. The molecule has 0 spiro atoms. The summed E-state index contributed by atoms with van der Waals surface area (Å²) >= 11 is 0. The van der Waals surface area contributed by atoms with Crippen LogP contribution in [0.25, 0.3) is 0 Å². The lowest BCUT2D eigenvalue weighted by Gasteiger charge is -2.19. The van der Waals surface area contributed by atoms with Gasteiger partial charge in [-0.3, -0.25) is 0 Å². The molecule has 0 amide bonds. The fourth-order valence-electron chi connectivity index (χ4n) is 2.02. The molecule has 0 saturated heterocycles. The molecule has 1 rings (SSSR count). The van der Waals surface area contributed by atoms with Gasteiger partial charge in [0.05, 0.1) is 0 Å². The maximum Gasteiger partial charge on any atom is 0.0471 e. The van der Waals surface area contributed by atoms with E-state index >= 15 is 0 Å². The van der Waals surface area contributed by atoms with E-state index in [9.17, 15) is 0 Å². The molecule has 1 saturated carbocycles. The smallest absolute Gasteiger partial charge is 0.0471 e. The number of aliphatic hydroxyl groups excluding tert-OH is 1. The van der Waals surface area contributed by atoms with Gasteiger partial charge in [-0.15, -0.1) is 0 Å².